The van der Waals surface area contributed by atoms with Gasteiger partial charge in [-0.15, -0.1) is 0 Å². The molecule has 0 spiro atoms. The molecular weight excluding hydrogens is 172 g/mol. The maximum atomic E-state index is 8.62. The van der Waals surface area contributed by atoms with E-state index >= 15 is 0 Å². The quantitative estimate of drug-likeness (QED) is 0.721. The molecular formula is C9H9ClN2. The summed E-state index contributed by atoms with van der Waals surface area (Å²) < 4.78 is 0. The molecule has 1 rings (SSSR count). The summed E-state index contributed by atoms with van der Waals surface area (Å²) in [5.41, 5.74) is 7.08. The second kappa shape index (κ2) is 3.57. The van der Waals surface area contributed by atoms with Crippen LogP contribution in [0.2, 0.25) is 5.02 Å². The number of nitrogens with zero attached hydrogens (tertiary/aromatic N) is 1. The number of benzene rings is 1. The summed E-state index contributed by atoms with van der Waals surface area (Å²) in [7, 11) is 0. The van der Waals surface area contributed by atoms with Gasteiger partial charge < -0.3 is 5.73 Å². The second-order valence-electron chi connectivity index (χ2n) is 2.67. The van der Waals surface area contributed by atoms with Crippen molar-refractivity contribution in [1.82, 2.24) is 0 Å². The SMILES string of the molecule is C[C@H](N)c1cc(Cl)cc(C#N)c1. The zero-order chi connectivity index (χ0) is 9.14. The Kier molecular flexibility index (Phi) is 2.69. The largest absolute Gasteiger partial charge is 0.324 e. The van der Waals surface area contributed by atoms with Crippen LogP contribution in [0.5, 0.6) is 0 Å². The van der Waals surface area contributed by atoms with Crippen LogP contribution in [0.3, 0.4) is 0 Å². The van der Waals surface area contributed by atoms with Crippen LogP contribution in [0.1, 0.15) is 24.1 Å². The molecule has 2 nitrogen and oxygen atoms in total. The Morgan fingerprint density at radius 1 is 1.50 bits per heavy atom. The summed E-state index contributed by atoms with van der Waals surface area (Å²) in [5.74, 6) is 0. The van der Waals surface area contributed by atoms with E-state index in [0.717, 1.165) is 5.56 Å². The maximum absolute atomic E-state index is 8.62. The molecule has 1 aromatic rings. The Hall–Kier alpha value is -1.04. The van der Waals surface area contributed by atoms with Crippen molar-refractivity contribution in [1.29, 1.82) is 5.26 Å². The van der Waals surface area contributed by atoms with Crippen LogP contribution in [-0.2, 0) is 0 Å². The number of rotatable bonds is 1. The molecule has 0 fully saturated rings. The number of halogens is 1. The summed E-state index contributed by atoms with van der Waals surface area (Å²) in [5, 5.41) is 9.18. The lowest BCUT2D eigenvalue weighted by Gasteiger charge is -2.05. The van der Waals surface area contributed by atoms with Gasteiger partial charge in [-0.2, -0.15) is 5.26 Å². The van der Waals surface area contributed by atoms with Crippen molar-refractivity contribution in [2.24, 2.45) is 5.73 Å². The van der Waals surface area contributed by atoms with E-state index in [1.54, 1.807) is 18.2 Å². The van der Waals surface area contributed by atoms with Crippen LogP contribution >= 0.6 is 11.6 Å². The van der Waals surface area contributed by atoms with Gasteiger partial charge in [0.05, 0.1) is 11.6 Å². The van der Waals surface area contributed by atoms with Crippen molar-refractivity contribution < 1.29 is 0 Å². The van der Waals surface area contributed by atoms with E-state index < -0.39 is 0 Å². The maximum Gasteiger partial charge on any atom is 0.0992 e. The average molecular weight is 181 g/mol. The molecule has 0 saturated heterocycles. The minimum Gasteiger partial charge on any atom is -0.324 e. The third kappa shape index (κ3) is 1.97. The molecule has 0 radical (unpaired) electrons. The molecule has 12 heavy (non-hydrogen) atoms. The minimum absolute atomic E-state index is 0.0872. The molecule has 2 N–H and O–H groups in total. The molecule has 0 aliphatic carbocycles. The van der Waals surface area contributed by atoms with E-state index in [1.165, 1.54) is 0 Å². The lowest BCUT2D eigenvalue weighted by atomic mass is 10.1. The summed E-state index contributed by atoms with van der Waals surface area (Å²) in [6, 6.07) is 7.07. The molecule has 0 amide bonds. The van der Waals surface area contributed by atoms with E-state index in [4.69, 9.17) is 22.6 Å². The molecule has 0 bridgehead atoms. The van der Waals surface area contributed by atoms with Gasteiger partial charge in [0.15, 0.2) is 0 Å². The summed E-state index contributed by atoms with van der Waals surface area (Å²) >= 11 is 5.77. The van der Waals surface area contributed by atoms with Crippen LogP contribution in [0.4, 0.5) is 0 Å². The average Bonchev–Trinajstić information content (AvgIpc) is 2.03. The summed E-state index contributed by atoms with van der Waals surface area (Å²) in [6.45, 7) is 1.85. The molecule has 0 aliphatic heterocycles. The van der Waals surface area contributed by atoms with Crippen molar-refractivity contribution in [3.63, 3.8) is 0 Å². The molecule has 0 saturated carbocycles. The standard InChI is InChI=1S/C9H9ClN2/c1-6(12)8-2-7(5-11)3-9(10)4-8/h2-4,6H,12H2,1H3/t6-/m0/s1. The number of hydrogen-bond donors (Lipinski definition) is 1. The number of hydrogen-bond acceptors (Lipinski definition) is 2. The smallest absolute Gasteiger partial charge is 0.0992 e. The Balaban J connectivity index is 3.17. The van der Waals surface area contributed by atoms with Crippen molar-refractivity contribution in [2.75, 3.05) is 0 Å². The van der Waals surface area contributed by atoms with E-state index in [1.807, 2.05) is 13.0 Å². The summed E-state index contributed by atoms with van der Waals surface area (Å²) in [6.07, 6.45) is 0. The van der Waals surface area contributed by atoms with E-state index in [0.29, 0.717) is 10.6 Å². The van der Waals surface area contributed by atoms with Gasteiger partial charge >= 0.3 is 0 Å². The van der Waals surface area contributed by atoms with Crippen LogP contribution in [0.25, 0.3) is 0 Å². The van der Waals surface area contributed by atoms with Crippen LogP contribution in [0, 0.1) is 11.3 Å². The van der Waals surface area contributed by atoms with Gasteiger partial charge in [-0.05, 0) is 30.7 Å². The molecule has 0 aliphatic rings. The molecule has 1 aromatic carbocycles. The fraction of sp³-hybridized carbons (Fsp3) is 0.222. The molecule has 62 valence electrons. The minimum atomic E-state index is -0.0872. The number of nitrogens with two attached hydrogens (primary N) is 1. The molecule has 0 unspecified atom stereocenters. The first-order valence-corrected chi connectivity index (χ1v) is 3.97. The fourth-order valence-corrected chi connectivity index (χ4v) is 1.18. The zero-order valence-electron chi connectivity index (χ0n) is 6.71. The highest BCUT2D eigenvalue weighted by molar-refractivity contribution is 6.30. The third-order valence-electron chi connectivity index (χ3n) is 1.57. The van der Waals surface area contributed by atoms with Crippen molar-refractivity contribution >= 4 is 11.6 Å². The van der Waals surface area contributed by atoms with Crippen LogP contribution in [-0.4, -0.2) is 0 Å². The highest BCUT2D eigenvalue weighted by Crippen LogP contribution is 2.18. The molecule has 1 atom stereocenters. The lowest BCUT2D eigenvalue weighted by Crippen LogP contribution is -2.04. The highest BCUT2D eigenvalue weighted by Gasteiger charge is 2.02. The van der Waals surface area contributed by atoms with Crippen molar-refractivity contribution in [3.8, 4) is 6.07 Å². The third-order valence-corrected chi connectivity index (χ3v) is 1.79. The van der Waals surface area contributed by atoms with Crippen LogP contribution < -0.4 is 5.73 Å². The summed E-state index contributed by atoms with van der Waals surface area (Å²) in [4.78, 5) is 0. The molecule has 3 heteroatoms. The predicted molar refractivity (Wildman–Crippen MR) is 48.8 cm³/mol. The van der Waals surface area contributed by atoms with E-state index in [9.17, 15) is 0 Å². The normalized spacial score (nSPS) is 12.2. The Labute approximate surface area is 76.6 Å². The molecule has 0 heterocycles. The topological polar surface area (TPSA) is 49.8 Å². The van der Waals surface area contributed by atoms with Crippen LogP contribution in [0.15, 0.2) is 18.2 Å². The van der Waals surface area contributed by atoms with Crippen molar-refractivity contribution in [3.05, 3.63) is 34.3 Å². The van der Waals surface area contributed by atoms with Crippen molar-refractivity contribution in [2.45, 2.75) is 13.0 Å². The Bertz CT molecular complexity index is 326. The number of nitriles is 1. The van der Waals surface area contributed by atoms with Gasteiger partial charge in [-0.1, -0.05) is 11.6 Å². The fourth-order valence-electron chi connectivity index (χ4n) is 0.940. The first kappa shape index (κ1) is 9.05. The van der Waals surface area contributed by atoms with E-state index in [-0.39, 0.29) is 6.04 Å². The zero-order valence-corrected chi connectivity index (χ0v) is 7.47. The van der Waals surface area contributed by atoms with Gasteiger partial charge in [-0.3, -0.25) is 0 Å². The second-order valence-corrected chi connectivity index (χ2v) is 3.11. The van der Waals surface area contributed by atoms with Gasteiger partial charge in [0, 0.05) is 11.1 Å². The lowest BCUT2D eigenvalue weighted by molar-refractivity contribution is 0.818. The Morgan fingerprint density at radius 2 is 2.17 bits per heavy atom. The van der Waals surface area contributed by atoms with Gasteiger partial charge in [0.1, 0.15) is 0 Å². The first-order chi connectivity index (χ1) is 5.63. The Morgan fingerprint density at radius 3 is 2.67 bits per heavy atom. The monoisotopic (exact) mass is 180 g/mol. The first-order valence-electron chi connectivity index (χ1n) is 3.59. The van der Waals surface area contributed by atoms with Gasteiger partial charge in [0.25, 0.3) is 0 Å². The van der Waals surface area contributed by atoms with E-state index in [2.05, 4.69) is 0 Å². The predicted octanol–water partition coefficient (Wildman–Crippen LogP) is 2.23. The van der Waals surface area contributed by atoms with Gasteiger partial charge in [-0.25, -0.2) is 0 Å². The highest BCUT2D eigenvalue weighted by atomic mass is 35.5. The van der Waals surface area contributed by atoms with Gasteiger partial charge in [0.2, 0.25) is 0 Å². The molecule has 0 aromatic heterocycles.